The van der Waals surface area contributed by atoms with Crippen LogP contribution in [0.2, 0.25) is 0 Å². The lowest BCUT2D eigenvalue weighted by Gasteiger charge is -2.08. The van der Waals surface area contributed by atoms with Gasteiger partial charge in [-0.1, -0.05) is 26.0 Å². The van der Waals surface area contributed by atoms with Gasteiger partial charge in [-0.2, -0.15) is 5.10 Å². The maximum absolute atomic E-state index is 5.80. The van der Waals surface area contributed by atoms with Crippen molar-refractivity contribution in [3.63, 3.8) is 0 Å². The van der Waals surface area contributed by atoms with E-state index in [1.54, 1.807) is 6.20 Å². The minimum Gasteiger partial charge on any atom is -0.370 e. The van der Waals surface area contributed by atoms with E-state index in [-0.39, 0.29) is 24.0 Å². The van der Waals surface area contributed by atoms with Gasteiger partial charge in [0.05, 0.1) is 12.2 Å². The quantitative estimate of drug-likeness (QED) is 0.461. The molecule has 0 saturated carbocycles. The van der Waals surface area contributed by atoms with Crippen LogP contribution in [-0.4, -0.2) is 22.3 Å². The Morgan fingerprint density at radius 1 is 1.33 bits per heavy atom. The molecule has 114 valence electrons. The predicted molar refractivity (Wildman–Crippen MR) is 97.1 cm³/mol. The van der Waals surface area contributed by atoms with Gasteiger partial charge in [0, 0.05) is 18.9 Å². The Kier molecular flexibility index (Phi) is 7.21. The van der Waals surface area contributed by atoms with Crippen LogP contribution in [0.25, 0.3) is 5.69 Å². The average molecular weight is 399 g/mol. The molecule has 0 radical (unpaired) electrons. The van der Waals surface area contributed by atoms with Crippen molar-refractivity contribution in [2.24, 2.45) is 16.6 Å². The molecule has 2 rings (SSSR count). The fraction of sp³-hybridized carbons (Fsp3) is 0.333. The highest BCUT2D eigenvalue weighted by Gasteiger charge is 1.98. The number of halogens is 1. The molecule has 0 amide bonds. The number of guanidine groups is 1. The van der Waals surface area contributed by atoms with Gasteiger partial charge in [-0.3, -0.25) is 0 Å². The molecule has 0 aliphatic heterocycles. The molecule has 0 bridgehead atoms. The number of nitrogens with one attached hydrogen (secondary N) is 1. The number of nitrogens with zero attached hydrogens (tertiary/aromatic N) is 3. The highest BCUT2D eigenvalue weighted by atomic mass is 127. The summed E-state index contributed by atoms with van der Waals surface area (Å²) in [7, 11) is 0. The van der Waals surface area contributed by atoms with Gasteiger partial charge in [-0.05, 0) is 29.7 Å². The molecule has 21 heavy (non-hydrogen) atoms. The van der Waals surface area contributed by atoms with Crippen LogP contribution >= 0.6 is 24.0 Å². The first kappa shape index (κ1) is 17.5. The molecule has 1 aromatic heterocycles. The zero-order chi connectivity index (χ0) is 14.4. The number of rotatable bonds is 5. The summed E-state index contributed by atoms with van der Waals surface area (Å²) in [6, 6.07) is 10.0. The zero-order valence-electron chi connectivity index (χ0n) is 12.4. The third-order valence-corrected chi connectivity index (χ3v) is 2.83. The number of aromatic nitrogens is 2. The molecule has 2 aromatic rings. The topological polar surface area (TPSA) is 68.2 Å². The maximum atomic E-state index is 5.80. The molecule has 1 heterocycles. The van der Waals surface area contributed by atoms with Crippen molar-refractivity contribution in [3.05, 3.63) is 48.3 Å². The first-order valence-electron chi connectivity index (χ1n) is 6.78. The fourth-order valence-electron chi connectivity index (χ4n) is 1.72. The molecule has 6 heteroatoms. The van der Waals surface area contributed by atoms with Crippen molar-refractivity contribution in [1.82, 2.24) is 15.1 Å². The van der Waals surface area contributed by atoms with Crippen LogP contribution in [0.4, 0.5) is 0 Å². The third-order valence-electron chi connectivity index (χ3n) is 2.83. The van der Waals surface area contributed by atoms with Crippen molar-refractivity contribution in [1.29, 1.82) is 0 Å². The van der Waals surface area contributed by atoms with Crippen molar-refractivity contribution in [2.45, 2.75) is 20.4 Å². The molecule has 3 N–H and O–H groups in total. The van der Waals surface area contributed by atoms with Crippen LogP contribution in [0.15, 0.2) is 47.7 Å². The monoisotopic (exact) mass is 399 g/mol. The molecular formula is C15H22IN5. The van der Waals surface area contributed by atoms with Crippen molar-refractivity contribution in [3.8, 4) is 5.69 Å². The SMILES string of the molecule is CC(C)CNC(N)=NCc1ccc(-n2cccn2)cc1.I. The summed E-state index contributed by atoms with van der Waals surface area (Å²) in [6.07, 6.45) is 3.68. The summed E-state index contributed by atoms with van der Waals surface area (Å²) in [4.78, 5) is 4.32. The van der Waals surface area contributed by atoms with Gasteiger partial charge >= 0.3 is 0 Å². The zero-order valence-corrected chi connectivity index (χ0v) is 14.7. The van der Waals surface area contributed by atoms with Crippen LogP contribution < -0.4 is 11.1 Å². The smallest absolute Gasteiger partial charge is 0.188 e. The lowest BCUT2D eigenvalue weighted by Crippen LogP contribution is -2.34. The normalized spacial score (nSPS) is 11.3. The second-order valence-corrected chi connectivity index (χ2v) is 5.09. The van der Waals surface area contributed by atoms with E-state index < -0.39 is 0 Å². The Morgan fingerprint density at radius 2 is 2.05 bits per heavy atom. The van der Waals surface area contributed by atoms with E-state index in [0.29, 0.717) is 18.4 Å². The van der Waals surface area contributed by atoms with E-state index in [0.717, 1.165) is 17.8 Å². The number of benzene rings is 1. The first-order chi connectivity index (χ1) is 9.65. The van der Waals surface area contributed by atoms with Gasteiger partial charge in [0.1, 0.15) is 0 Å². The van der Waals surface area contributed by atoms with Crippen LogP contribution in [0.1, 0.15) is 19.4 Å². The maximum Gasteiger partial charge on any atom is 0.188 e. The highest BCUT2D eigenvalue weighted by molar-refractivity contribution is 14.0. The van der Waals surface area contributed by atoms with Crippen molar-refractivity contribution >= 4 is 29.9 Å². The number of hydrogen-bond acceptors (Lipinski definition) is 2. The van der Waals surface area contributed by atoms with Gasteiger partial charge in [-0.15, -0.1) is 24.0 Å². The summed E-state index contributed by atoms with van der Waals surface area (Å²) in [5.41, 5.74) is 7.96. The molecule has 1 aromatic carbocycles. The predicted octanol–water partition coefficient (Wildman–Crippen LogP) is 2.55. The Bertz CT molecular complexity index is 546. The van der Waals surface area contributed by atoms with Gasteiger partial charge in [0.15, 0.2) is 5.96 Å². The van der Waals surface area contributed by atoms with Crippen LogP contribution in [0.3, 0.4) is 0 Å². The largest absolute Gasteiger partial charge is 0.370 e. The second kappa shape index (κ2) is 8.66. The van der Waals surface area contributed by atoms with E-state index in [1.165, 1.54) is 0 Å². The summed E-state index contributed by atoms with van der Waals surface area (Å²) in [6.45, 7) is 5.69. The Morgan fingerprint density at radius 3 is 2.62 bits per heavy atom. The first-order valence-corrected chi connectivity index (χ1v) is 6.78. The lowest BCUT2D eigenvalue weighted by atomic mass is 10.2. The second-order valence-electron chi connectivity index (χ2n) is 5.09. The van der Waals surface area contributed by atoms with Gasteiger partial charge < -0.3 is 11.1 Å². The Balaban J connectivity index is 0.00000220. The van der Waals surface area contributed by atoms with Crippen LogP contribution in [-0.2, 0) is 6.54 Å². The van der Waals surface area contributed by atoms with Crippen LogP contribution in [0.5, 0.6) is 0 Å². The summed E-state index contributed by atoms with van der Waals surface area (Å²) in [5, 5.41) is 7.29. The summed E-state index contributed by atoms with van der Waals surface area (Å²) < 4.78 is 1.83. The fourth-order valence-corrected chi connectivity index (χ4v) is 1.72. The average Bonchev–Trinajstić information content (AvgIpc) is 2.97. The molecule has 0 saturated heterocycles. The molecule has 5 nitrogen and oxygen atoms in total. The van der Waals surface area contributed by atoms with E-state index >= 15 is 0 Å². The van der Waals surface area contributed by atoms with Crippen LogP contribution in [0, 0.1) is 5.92 Å². The van der Waals surface area contributed by atoms with Gasteiger partial charge in [0.25, 0.3) is 0 Å². The van der Waals surface area contributed by atoms with E-state index in [1.807, 2.05) is 41.2 Å². The number of nitrogens with two attached hydrogens (primary N) is 1. The standard InChI is InChI=1S/C15H21N5.HI/c1-12(2)10-17-15(16)18-11-13-4-6-14(7-5-13)20-9-3-8-19-20;/h3-9,12H,10-11H2,1-2H3,(H3,16,17,18);1H. The van der Waals surface area contributed by atoms with Crippen molar-refractivity contribution in [2.75, 3.05) is 6.54 Å². The molecule has 0 atom stereocenters. The lowest BCUT2D eigenvalue weighted by molar-refractivity contribution is 0.622. The Hall–Kier alpha value is -1.57. The van der Waals surface area contributed by atoms with Gasteiger partial charge in [-0.25, -0.2) is 9.67 Å². The number of aliphatic imine (C=N–C) groups is 1. The van der Waals surface area contributed by atoms with Crippen molar-refractivity contribution < 1.29 is 0 Å². The molecule has 0 fully saturated rings. The molecule has 0 aliphatic rings. The summed E-state index contributed by atoms with van der Waals surface area (Å²) in [5.74, 6) is 1.05. The molecule has 0 spiro atoms. The van der Waals surface area contributed by atoms with E-state index in [2.05, 4.69) is 29.3 Å². The number of hydrogen-bond donors (Lipinski definition) is 2. The molecule has 0 unspecified atom stereocenters. The molecule has 0 aliphatic carbocycles. The minimum absolute atomic E-state index is 0. The minimum atomic E-state index is 0. The summed E-state index contributed by atoms with van der Waals surface area (Å²) >= 11 is 0. The third kappa shape index (κ3) is 5.74. The van der Waals surface area contributed by atoms with Gasteiger partial charge in [0.2, 0.25) is 0 Å². The molecular weight excluding hydrogens is 377 g/mol. The Labute approximate surface area is 142 Å². The van der Waals surface area contributed by atoms with E-state index in [4.69, 9.17) is 5.73 Å². The van der Waals surface area contributed by atoms with E-state index in [9.17, 15) is 0 Å². The highest BCUT2D eigenvalue weighted by Crippen LogP contribution is 2.09.